The number of hydrogen-bond acceptors (Lipinski definition) is 6. The van der Waals surface area contributed by atoms with Gasteiger partial charge in [-0.05, 0) is 25.1 Å². The van der Waals surface area contributed by atoms with Crippen molar-refractivity contribution in [2.75, 3.05) is 13.1 Å². The van der Waals surface area contributed by atoms with E-state index in [1.54, 1.807) is 0 Å². The number of thiophene rings is 1. The Hall–Kier alpha value is -1.30. The van der Waals surface area contributed by atoms with E-state index in [1.807, 2.05) is 38.1 Å². The van der Waals surface area contributed by atoms with Gasteiger partial charge in [0.15, 0.2) is 0 Å². The van der Waals surface area contributed by atoms with Gasteiger partial charge in [0.2, 0.25) is 10.0 Å². The molecule has 0 spiro atoms. The standard InChI is InChI=1S/C16H21N3O4S3/c1-3-18-14-10-19(9-12-6-4-11(2)5-7-12)26(22,23)16-13(14)8-15(24-16)25(17,20)21/h4-8,14,18H,3,9-10H2,1-2H3,(H2,17,20,21). The normalized spacial score (nSPS) is 20.0. The van der Waals surface area contributed by atoms with Gasteiger partial charge in [-0.15, -0.1) is 11.3 Å². The van der Waals surface area contributed by atoms with E-state index in [2.05, 4.69) is 5.32 Å². The number of fused-ring (bicyclic) bond motifs is 1. The summed E-state index contributed by atoms with van der Waals surface area (Å²) in [5.41, 5.74) is 2.45. The molecule has 0 amide bonds. The molecular formula is C16H21N3O4S3. The quantitative estimate of drug-likeness (QED) is 0.770. The summed E-state index contributed by atoms with van der Waals surface area (Å²) in [6.45, 7) is 4.98. The minimum absolute atomic E-state index is 0.0471. The number of rotatable bonds is 5. The Morgan fingerprint density at radius 1 is 1.31 bits per heavy atom. The Morgan fingerprint density at radius 2 is 1.96 bits per heavy atom. The first-order valence-corrected chi connectivity index (χ1v) is 11.9. The lowest BCUT2D eigenvalue weighted by Crippen LogP contribution is -2.42. The van der Waals surface area contributed by atoms with Crippen LogP contribution in [0, 0.1) is 6.92 Å². The molecule has 26 heavy (non-hydrogen) atoms. The summed E-state index contributed by atoms with van der Waals surface area (Å²) in [7, 11) is -7.75. The van der Waals surface area contributed by atoms with Crippen molar-refractivity contribution in [3.8, 4) is 0 Å². The number of nitrogens with two attached hydrogens (primary N) is 1. The highest BCUT2D eigenvalue weighted by Gasteiger charge is 2.39. The topological polar surface area (TPSA) is 110 Å². The van der Waals surface area contributed by atoms with Gasteiger partial charge in [-0.25, -0.2) is 22.0 Å². The lowest BCUT2D eigenvalue weighted by Gasteiger charge is -2.32. The summed E-state index contributed by atoms with van der Waals surface area (Å²) in [6, 6.07) is 8.76. The summed E-state index contributed by atoms with van der Waals surface area (Å²) in [5, 5.41) is 8.44. The van der Waals surface area contributed by atoms with Crippen molar-refractivity contribution in [3.63, 3.8) is 0 Å². The third kappa shape index (κ3) is 3.71. The predicted molar refractivity (Wildman–Crippen MR) is 101 cm³/mol. The zero-order chi connectivity index (χ0) is 19.1. The second-order valence-corrected chi connectivity index (χ2v) is 11.2. The van der Waals surface area contributed by atoms with Gasteiger partial charge in [0, 0.05) is 24.7 Å². The lowest BCUT2D eigenvalue weighted by molar-refractivity contribution is 0.339. The molecule has 3 N–H and O–H groups in total. The van der Waals surface area contributed by atoms with Crippen molar-refractivity contribution in [2.45, 2.75) is 34.9 Å². The maximum absolute atomic E-state index is 13.0. The summed E-state index contributed by atoms with van der Waals surface area (Å²) in [5.74, 6) is 0. The molecule has 0 bridgehead atoms. The van der Waals surface area contributed by atoms with Crippen molar-refractivity contribution in [3.05, 3.63) is 47.0 Å². The molecule has 0 aliphatic carbocycles. The van der Waals surface area contributed by atoms with Crippen LogP contribution in [0.4, 0.5) is 0 Å². The summed E-state index contributed by atoms with van der Waals surface area (Å²) < 4.78 is 50.8. The second-order valence-electron chi connectivity index (χ2n) is 6.25. The van der Waals surface area contributed by atoms with Crippen LogP contribution in [0.5, 0.6) is 0 Å². The molecule has 0 saturated heterocycles. The van der Waals surface area contributed by atoms with Crippen molar-refractivity contribution in [1.29, 1.82) is 0 Å². The Bertz CT molecular complexity index is 1010. The van der Waals surface area contributed by atoms with E-state index in [1.165, 1.54) is 10.4 Å². The first-order valence-electron chi connectivity index (χ1n) is 8.08. The summed E-state index contributed by atoms with van der Waals surface area (Å²) >= 11 is 0.713. The predicted octanol–water partition coefficient (Wildman–Crippen LogP) is 1.56. The number of nitrogens with zero attached hydrogens (tertiary/aromatic N) is 1. The molecule has 0 saturated carbocycles. The number of benzene rings is 1. The molecule has 10 heteroatoms. The fourth-order valence-corrected chi connectivity index (χ4v) is 7.19. The van der Waals surface area contributed by atoms with Crippen molar-refractivity contribution < 1.29 is 16.8 Å². The smallest absolute Gasteiger partial charge is 0.253 e. The number of nitrogens with one attached hydrogen (secondary N) is 1. The van der Waals surface area contributed by atoms with Crippen LogP contribution in [0.1, 0.15) is 29.7 Å². The van der Waals surface area contributed by atoms with Gasteiger partial charge in [0.05, 0.1) is 0 Å². The van der Waals surface area contributed by atoms with Crippen molar-refractivity contribution in [2.24, 2.45) is 5.14 Å². The highest BCUT2D eigenvalue weighted by atomic mass is 32.3. The first kappa shape index (κ1) is 19.5. The molecule has 1 aliphatic rings. The molecular weight excluding hydrogens is 394 g/mol. The maximum atomic E-state index is 13.0. The average molecular weight is 416 g/mol. The van der Waals surface area contributed by atoms with E-state index < -0.39 is 20.0 Å². The molecule has 2 aromatic rings. The van der Waals surface area contributed by atoms with Gasteiger partial charge in [-0.2, -0.15) is 4.31 Å². The molecule has 1 unspecified atom stereocenters. The molecule has 7 nitrogen and oxygen atoms in total. The van der Waals surface area contributed by atoms with Crippen LogP contribution >= 0.6 is 11.3 Å². The zero-order valence-electron chi connectivity index (χ0n) is 14.5. The van der Waals surface area contributed by atoms with Crippen LogP contribution in [0.15, 0.2) is 38.8 Å². The second kappa shape index (κ2) is 7.02. The van der Waals surface area contributed by atoms with E-state index in [-0.39, 0.29) is 27.5 Å². The Balaban J connectivity index is 2.04. The average Bonchev–Trinajstić information content (AvgIpc) is 3.01. The minimum atomic E-state index is -3.96. The summed E-state index contributed by atoms with van der Waals surface area (Å²) in [6.07, 6.45) is 0. The summed E-state index contributed by atoms with van der Waals surface area (Å²) in [4.78, 5) is 0. The molecule has 1 aromatic carbocycles. The largest absolute Gasteiger partial charge is 0.309 e. The molecule has 1 aliphatic heterocycles. The van der Waals surface area contributed by atoms with Crippen LogP contribution in [0.25, 0.3) is 0 Å². The SMILES string of the molecule is CCNC1CN(Cc2ccc(C)cc2)S(=O)(=O)c2sc(S(N)(=O)=O)cc21. The van der Waals surface area contributed by atoms with Gasteiger partial charge in [-0.3, -0.25) is 0 Å². The van der Waals surface area contributed by atoms with Crippen LogP contribution < -0.4 is 10.5 Å². The van der Waals surface area contributed by atoms with E-state index >= 15 is 0 Å². The van der Waals surface area contributed by atoms with Crippen LogP contribution in [0.3, 0.4) is 0 Å². The molecule has 1 aromatic heterocycles. The fourth-order valence-electron chi connectivity index (χ4n) is 2.94. The highest BCUT2D eigenvalue weighted by Crippen LogP contribution is 2.40. The van der Waals surface area contributed by atoms with E-state index in [9.17, 15) is 16.8 Å². The highest BCUT2D eigenvalue weighted by molar-refractivity contribution is 7.94. The van der Waals surface area contributed by atoms with Gasteiger partial charge >= 0.3 is 0 Å². The number of hydrogen-bond donors (Lipinski definition) is 2. The third-order valence-electron chi connectivity index (χ3n) is 4.25. The van der Waals surface area contributed by atoms with E-state index in [0.717, 1.165) is 11.1 Å². The van der Waals surface area contributed by atoms with Crippen molar-refractivity contribution in [1.82, 2.24) is 9.62 Å². The van der Waals surface area contributed by atoms with Gasteiger partial charge in [-0.1, -0.05) is 36.8 Å². The molecule has 1 atom stereocenters. The van der Waals surface area contributed by atoms with Crippen LogP contribution in [-0.2, 0) is 26.6 Å². The van der Waals surface area contributed by atoms with Crippen molar-refractivity contribution >= 4 is 31.4 Å². The van der Waals surface area contributed by atoms with E-state index in [4.69, 9.17) is 5.14 Å². The fraction of sp³-hybridized carbons (Fsp3) is 0.375. The number of likely N-dealkylation sites (N-methyl/N-ethyl adjacent to an activating group) is 1. The van der Waals surface area contributed by atoms with Gasteiger partial charge < -0.3 is 5.32 Å². The molecule has 3 rings (SSSR count). The molecule has 2 heterocycles. The molecule has 0 radical (unpaired) electrons. The van der Waals surface area contributed by atoms with Crippen LogP contribution in [-0.4, -0.2) is 34.2 Å². The molecule has 142 valence electrons. The van der Waals surface area contributed by atoms with Crippen LogP contribution in [0.2, 0.25) is 0 Å². The monoisotopic (exact) mass is 415 g/mol. The first-order chi connectivity index (χ1) is 12.1. The number of primary sulfonamides is 1. The molecule has 0 fully saturated rings. The van der Waals surface area contributed by atoms with Gasteiger partial charge in [0.1, 0.15) is 8.42 Å². The Kier molecular flexibility index (Phi) is 5.26. The zero-order valence-corrected chi connectivity index (χ0v) is 16.9. The van der Waals surface area contributed by atoms with Gasteiger partial charge in [0.25, 0.3) is 10.0 Å². The lowest BCUT2D eigenvalue weighted by atomic mass is 10.1. The Morgan fingerprint density at radius 3 is 2.54 bits per heavy atom. The third-order valence-corrected chi connectivity index (χ3v) is 9.16. The number of sulfonamides is 2. The van der Waals surface area contributed by atoms with E-state index in [0.29, 0.717) is 23.4 Å². The number of aryl methyl sites for hydroxylation is 1. The Labute approximate surface area is 157 Å². The maximum Gasteiger partial charge on any atom is 0.253 e. The minimum Gasteiger partial charge on any atom is -0.309 e.